The van der Waals surface area contributed by atoms with Crippen LogP contribution in [0.15, 0.2) is 41.5 Å². The Labute approximate surface area is 182 Å². The number of hydrogen-bond acceptors (Lipinski definition) is 6. The molecule has 0 amide bonds. The number of ether oxygens (including phenoxy) is 2. The number of aromatic hydroxyl groups is 2. The highest BCUT2D eigenvalue weighted by Crippen LogP contribution is 2.48. The monoisotopic (exact) mass is 424 g/mol. The van der Waals surface area contributed by atoms with E-state index in [0.717, 1.165) is 11.1 Å². The molecule has 0 saturated heterocycles. The lowest BCUT2D eigenvalue weighted by Gasteiger charge is -2.20. The highest BCUT2D eigenvalue weighted by Gasteiger charge is 2.37. The predicted molar refractivity (Wildman–Crippen MR) is 118 cm³/mol. The van der Waals surface area contributed by atoms with E-state index in [0.29, 0.717) is 17.5 Å². The van der Waals surface area contributed by atoms with Gasteiger partial charge in [-0.05, 0) is 70.4 Å². The molecule has 164 valence electrons. The van der Waals surface area contributed by atoms with Gasteiger partial charge in [-0.2, -0.15) is 0 Å². The summed E-state index contributed by atoms with van der Waals surface area (Å²) in [5.74, 6) is -0.971. The molecular formula is C25H28O6. The second-order valence-electron chi connectivity index (χ2n) is 8.19. The number of rotatable bonds is 5. The number of phenolic OH excluding ortho intramolecular Hbond substituents is 2. The Morgan fingerprint density at radius 3 is 2.39 bits per heavy atom. The Bertz CT molecular complexity index is 1090. The predicted octanol–water partition coefficient (Wildman–Crippen LogP) is 4.87. The van der Waals surface area contributed by atoms with Crippen LogP contribution in [0, 0.1) is 6.92 Å². The lowest BCUT2D eigenvalue weighted by molar-refractivity contribution is 0.0730. The summed E-state index contributed by atoms with van der Waals surface area (Å²) in [6.45, 7) is 9.71. The summed E-state index contributed by atoms with van der Waals surface area (Å²) in [5.41, 5.74) is 3.30. The van der Waals surface area contributed by atoms with Gasteiger partial charge < -0.3 is 24.8 Å². The molecule has 0 spiro atoms. The molecule has 0 unspecified atom stereocenters. The highest BCUT2D eigenvalue weighted by atomic mass is 16.5. The number of aliphatic hydroxyl groups is 1. The molecular weight excluding hydrogens is 396 g/mol. The number of hydrogen-bond donors (Lipinski definition) is 3. The van der Waals surface area contributed by atoms with Crippen molar-refractivity contribution in [2.75, 3.05) is 6.61 Å². The fourth-order valence-electron chi connectivity index (χ4n) is 3.55. The van der Waals surface area contributed by atoms with Crippen LogP contribution >= 0.6 is 0 Å². The number of benzene rings is 2. The summed E-state index contributed by atoms with van der Waals surface area (Å²) in [4.78, 5) is 13.0. The van der Waals surface area contributed by atoms with E-state index in [4.69, 9.17) is 9.47 Å². The third-order valence-corrected chi connectivity index (χ3v) is 5.13. The number of esters is 1. The number of carbonyl (C=O) groups is 1. The van der Waals surface area contributed by atoms with Crippen LogP contribution < -0.4 is 9.47 Å². The summed E-state index contributed by atoms with van der Waals surface area (Å²) >= 11 is 0. The molecule has 1 aliphatic heterocycles. The van der Waals surface area contributed by atoms with Crippen LogP contribution in [0.1, 0.15) is 66.4 Å². The first-order chi connectivity index (χ1) is 14.6. The molecule has 6 nitrogen and oxygen atoms in total. The van der Waals surface area contributed by atoms with Gasteiger partial charge in [-0.25, -0.2) is 4.79 Å². The van der Waals surface area contributed by atoms with Crippen molar-refractivity contribution in [3.05, 3.63) is 69.3 Å². The van der Waals surface area contributed by atoms with E-state index in [9.17, 15) is 20.1 Å². The van der Waals surface area contributed by atoms with E-state index >= 15 is 0 Å². The molecule has 2 aromatic carbocycles. The van der Waals surface area contributed by atoms with Crippen molar-refractivity contribution in [2.45, 2.75) is 47.1 Å². The highest BCUT2D eigenvalue weighted by molar-refractivity contribution is 5.98. The molecule has 0 bridgehead atoms. The van der Waals surface area contributed by atoms with Gasteiger partial charge in [0.25, 0.3) is 0 Å². The SMILES string of the molecule is CC(C)=CCOc1c(C)cc(O)c2c1[C@H](O)c1c(O)ccc(CC=C(C)C)c1OC2=O. The molecule has 1 aliphatic rings. The van der Waals surface area contributed by atoms with Gasteiger partial charge in [0, 0.05) is 5.56 Å². The average molecular weight is 424 g/mol. The molecule has 0 fully saturated rings. The Balaban J connectivity index is 2.24. The van der Waals surface area contributed by atoms with E-state index in [1.165, 1.54) is 12.1 Å². The molecule has 0 aromatic heterocycles. The summed E-state index contributed by atoms with van der Waals surface area (Å²) in [6.07, 6.45) is 2.84. The minimum atomic E-state index is -1.43. The minimum Gasteiger partial charge on any atom is -0.507 e. The second-order valence-corrected chi connectivity index (χ2v) is 8.19. The number of carbonyl (C=O) groups excluding carboxylic acids is 1. The minimum absolute atomic E-state index is 0.0730. The molecule has 2 aromatic rings. The van der Waals surface area contributed by atoms with E-state index in [2.05, 4.69) is 0 Å². The second kappa shape index (κ2) is 8.86. The Morgan fingerprint density at radius 1 is 1.06 bits per heavy atom. The van der Waals surface area contributed by atoms with Gasteiger partial charge in [0.05, 0.1) is 5.56 Å². The molecule has 0 saturated carbocycles. The van der Waals surface area contributed by atoms with E-state index in [1.807, 2.05) is 39.8 Å². The van der Waals surface area contributed by atoms with Gasteiger partial charge in [0.15, 0.2) is 0 Å². The Kier molecular flexibility index (Phi) is 6.41. The van der Waals surface area contributed by atoms with Crippen molar-refractivity contribution >= 4 is 5.97 Å². The van der Waals surface area contributed by atoms with Crippen LogP contribution in [0.2, 0.25) is 0 Å². The van der Waals surface area contributed by atoms with Crippen LogP contribution in [0.25, 0.3) is 0 Å². The summed E-state index contributed by atoms with van der Waals surface area (Å²) < 4.78 is 11.5. The molecule has 31 heavy (non-hydrogen) atoms. The van der Waals surface area contributed by atoms with E-state index in [1.54, 1.807) is 13.0 Å². The maximum Gasteiger partial charge on any atom is 0.347 e. The van der Waals surface area contributed by atoms with Crippen molar-refractivity contribution in [2.24, 2.45) is 0 Å². The van der Waals surface area contributed by atoms with E-state index < -0.39 is 12.1 Å². The fourth-order valence-corrected chi connectivity index (χ4v) is 3.55. The average Bonchev–Trinajstić information content (AvgIpc) is 2.78. The molecule has 3 rings (SSSR count). The standard InChI is InChI=1S/C25H28O6/c1-13(2)6-7-16-8-9-17(26)20-22(28)21-19(25(29)31-24(16)20)18(27)12-15(5)23(21)30-11-10-14(3)4/h6,8-10,12,22,26-28H,7,11H2,1-5H3/t22-/m1/s1. The van der Waals surface area contributed by atoms with Gasteiger partial charge in [-0.1, -0.05) is 23.3 Å². The quantitative estimate of drug-likeness (QED) is 0.360. The Morgan fingerprint density at radius 2 is 1.74 bits per heavy atom. The number of phenols is 2. The zero-order chi connectivity index (χ0) is 22.9. The van der Waals surface area contributed by atoms with Crippen LogP contribution in [-0.2, 0) is 6.42 Å². The third kappa shape index (κ3) is 4.44. The maximum atomic E-state index is 13.0. The topological polar surface area (TPSA) is 96.2 Å². The fraction of sp³-hybridized carbons (Fsp3) is 0.320. The van der Waals surface area contributed by atoms with Crippen molar-refractivity contribution in [1.82, 2.24) is 0 Å². The van der Waals surface area contributed by atoms with Crippen molar-refractivity contribution < 1.29 is 29.6 Å². The molecule has 1 atom stereocenters. The molecule has 3 N–H and O–H groups in total. The molecule has 6 heteroatoms. The van der Waals surface area contributed by atoms with Gasteiger partial charge in [-0.15, -0.1) is 0 Å². The van der Waals surface area contributed by atoms with E-state index in [-0.39, 0.29) is 46.3 Å². The number of allylic oxidation sites excluding steroid dienone is 3. The summed E-state index contributed by atoms with van der Waals surface area (Å²) in [6, 6.07) is 4.53. The van der Waals surface area contributed by atoms with Gasteiger partial charge >= 0.3 is 5.97 Å². The van der Waals surface area contributed by atoms with Crippen molar-refractivity contribution in [3.8, 4) is 23.0 Å². The first-order valence-electron chi connectivity index (χ1n) is 10.1. The van der Waals surface area contributed by atoms with Crippen LogP contribution in [0.5, 0.6) is 23.0 Å². The summed E-state index contributed by atoms with van der Waals surface area (Å²) in [5, 5.41) is 32.4. The number of aryl methyl sites for hydroxylation is 1. The van der Waals surface area contributed by atoms with Crippen molar-refractivity contribution in [1.29, 1.82) is 0 Å². The number of fused-ring (bicyclic) bond motifs is 2. The summed E-state index contributed by atoms with van der Waals surface area (Å²) in [7, 11) is 0. The maximum absolute atomic E-state index is 13.0. The molecule has 1 heterocycles. The van der Waals surface area contributed by atoms with Gasteiger partial charge in [0.1, 0.15) is 41.3 Å². The van der Waals surface area contributed by atoms with Gasteiger partial charge in [-0.3, -0.25) is 0 Å². The third-order valence-electron chi connectivity index (χ3n) is 5.13. The smallest absolute Gasteiger partial charge is 0.347 e. The Hall–Kier alpha value is -3.25. The molecule has 0 radical (unpaired) electrons. The zero-order valence-electron chi connectivity index (χ0n) is 18.4. The van der Waals surface area contributed by atoms with Crippen LogP contribution in [0.3, 0.4) is 0 Å². The van der Waals surface area contributed by atoms with Crippen LogP contribution in [0.4, 0.5) is 0 Å². The van der Waals surface area contributed by atoms with Gasteiger partial charge in [0.2, 0.25) is 0 Å². The lowest BCUT2D eigenvalue weighted by Crippen LogP contribution is -2.13. The first kappa shape index (κ1) is 22.4. The molecule has 0 aliphatic carbocycles. The van der Waals surface area contributed by atoms with Crippen molar-refractivity contribution in [3.63, 3.8) is 0 Å². The largest absolute Gasteiger partial charge is 0.507 e. The lowest BCUT2D eigenvalue weighted by atomic mass is 9.91. The first-order valence-corrected chi connectivity index (χ1v) is 10.1. The van der Waals surface area contributed by atoms with Crippen LogP contribution in [-0.4, -0.2) is 27.9 Å². The number of aliphatic hydroxyl groups excluding tert-OH is 1. The normalized spacial score (nSPS) is 14.6. The zero-order valence-corrected chi connectivity index (χ0v) is 18.4.